The minimum Gasteiger partial charge on any atom is -0.367 e. The number of nitrogens with zero attached hydrogens (tertiary/aromatic N) is 4. The molecule has 0 atom stereocenters. The fraction of sp³-hybridized carbons (Fsp3) is 0.538. The Labute approximate surface area is 119 Å². The fourth-order valence-electron chi connectivity index (χ4n) is 2.54. The summed E-state index contributed by atoms with van der Waals surface area (Å²) >= 11 is 0. The van der Waals surface area contributed by atoms with E-state index in [2.05, 4.69) is 20.3 Å². The third kappa shape index (κ3) is 3.10. The molecule has 0 aromatic carbocycles. The molecule has 114 valence electrons. The smallest absolute Gasteiger partial charge is 0.367 e. The highest BCUT2D eigenvalue weighted by molar-refractivity contribution is 5.67. The first-order valence-electron chi connectivity index (χ1n) is 6.92. The number of nitrogens with one attached hydrogen (secondary N) is 1. The molecule has 2 aromatic rings. The molecular formula is C13H16F3N5. The van der Waals surface area contributed by atoms with Gasteiger partial charge in [0.05, 0.1) is 0 Å². The lowest BCUT2D eigenvalue weighted by Crippen LogP contribution is -2.26. The molecule has 0 bridgehead atoms. The van der Waals surface area contributed by atoms with Gasteiger partial charge in [0.25, 0.3) is 0 Å². The Morgan fingerprint density at radius 1 is 1.24 bits per heavy atom. The zero-order valence-electron chi connectivity index (χ0n) is 11.4. The quantitative estimate of drug-likeness (QED) is 0.940. The van der Waals surface area contributed by atoms with Crippen molar-refractivity contribution >= 4 is 11.3 Å². The molecule has 3 heterocycles. The van der Waals surface area contributed by atoms with E-state index in [1.165, 1.54) is 29.8 Å². The molecule has 8 heteroatoms. The summed E-state index contributed by atoms with van der Waals surface area (Å²) < 4.78 is 39.3. The van der Waals surface area contributed by atoms with Crippen molar-refractivity contribution in [3.05, 3.63) is 24.2 Å². The molecule has 0 saturated carbocycles. The zero-order valence-corrected chi connectivity index (χ0v) is 11.4. The van der Waals surface area contributed by atoms with E-state index < -0.39 is 11.9 Å². The monoisotopic (exact) mass is 299 g/mol. The highest BCUT2D eigenvalue weighted by Gasteiger charge is 2.34. The van der Waals surface area contributed by atoms with Crippen molar-refractivity contribution in [3.63, 3.8) is 0 Å². The molecule has 0 amide bonds. The molecule has 2 aromatic heterocycles. The first-order valence-corrected chi connectivity index (χ1v) is 6.92. The summed E-state index contributed by atoms with van der Waals surface area (Å²) in [6.07, 6.45) is 0.838. The van der Waals surface area contributed by atoms with Gasteiger partial charge < -0.3 is 10.2 Å². The minimum atomic E-state index is -4.45. The number of rotatable bonds is 4. The molecule has 1 saturated heterocycles. The van der Waals surface area contributed by atoms with Crippen molar-refractivity contribution in [2.75, 3.05) is 31.5 Å². The van der Waals surface area contributed by atoms with E-state index in [1.807, 2.05) is 0 Å². The maximum absolute atomic E-state index is 12.7. The molecule has 21 heavy (non-hydrogen) atoms. The molecule has 0 aliphatic carbocycles. The van der Waals surface area contributed by atoms with Crippen LogP contribution in [0.5, 0.6) is 0 Å². The van der Waals surface area contributed by atoms with E-state index in [9.17, 15) is 13.2 Å². The lowest BCUT2D eigenvalue weighted by atomic mass is 10.3. The van der Waals surface area contributed by atoms with Crippen LogP contribution in [0.3, 0.4) is 0 Å². The molecule has 0 radical (unpaired) electrons. The van der Waals surface area contributed by atoms with Crippen LogP contribution in [0.1, 0.15) is 18.5 Å². The predicted molar refractivity (Wildman–Crippen MR) is 72.2 cm³/mol. The van der Waals surface area contributed by atoms with E-state index >= 15 is 0 Å². The summed E-state index contributed by atoms with van der Waals surface area (Å²) in [5, 5.41) is 6.63. The Morgan fingerprint density at radius 2 is 2.00 bits per heavy atom. The van der Waals surface area contributed by atoms with Crippen LogP contribution in [-0.4, -0.2) is 45.7 Å². The van der Waals surface area contributed by atoms with Crippen molar-refractivity contribution < 1.29 is 13.2 Å². The van der Waals surface area contributed by atoms with Gasteiger partial charge in [0.1, 0.15) is 5.52 Å². The van der Waals surface area contributed by atoms with E-state index in [1.54, 1.807) is 0 Å². The largest absolute Gasteiger partial charge is 0.435 e. The molecule has 5 nitrogen and oxygen atoms in total. The van der Waals surface area contributed by atoms with Gasteiger partial charge in [0.2, 0.25) is 0 Å². The highest BCUT2D eigenvalue weighted by Crippen LogP contribution is 2.29. The Morgan fingerprint density at radius 3 is 2.71 bits per heavy atom. The van der Waals surface area contributed by atoms with E-state index in [0.717, 1.165) is 25.7 Å². The second kappa shape index (κ2) is 5.51. The molecule has 0 unspecified atom stereocenters. The van der Waals surface area contributed by atoms with Crippen LogP contribution in [0.15, 0.2) is 18.5 Å². The van der Waals surface area contributed by atoms with E-state index in [-0.39, 0.29) is 0 Å². The summed E-state index contributed by atoms with van der Waals surface area (Å²) in [5.41, 5.74) is -0.565. The van der Waals surface area contributed by atoms with Gasteiger partial charge in [-0.1, -0.05) is 0 Å². The summed E-state index contributed by atoms with van der Waals surface area (Å²) in [6, 6.07) is 1.02. The van der Waals surface area contributed by atoms with Crippen molar-refractivity contribution in [1.82, 2.24) is 19.5 Å². The molecule has 1 fully saturated rings. The van der Waals surface area contributed by atoms with Crippen LogP contribution < -0.4 is 5.32 Å². The Hall–Kier alpha value is -1.83. The second-order valence-electron chi connectivity index (χ2n) is 5.11. The van der Waals surface area contributed by atoms with Crippen LogP contribution >= 0.6 is 0 Å². The molecule has 1 aliphatic heterocycles. The lowest BCUT2D eigenvalue weighted by molar-refractivity contribution is -0.141. The Kier molecular flexibility index (Phi) is 3.71. The third-order valence-corrected chi connectivity index (χ3v) is 3.60. The van der Waals surface area contributed by atoms with Crippen molar-refractivity contribution in [2.45, 2.75) is 19.0 Å². The number of likely N-dealkylation sites (tertiary alicyclic amines) is 1. The van der Waals surface area contributed by atoms with Gasteiger partial charge in [-0.2, -0.15) is 18.3 Å². The number of aromatic nitrogens is 3. The molecule has 1 aliphatic rings. The van der Waals surface area contributed by atoms with Gasteiger partial charge in [-0.15, -0.1) is 0 Å². The van der Waals surface area contributed by atoms with Gasteiger partial charge in [0, 0.05) is 31.5 Å². The second-order valence-corrected chi connectivity index (χ2v) is 5.11. The Balaban J connectivity index is 1.73. The van der Waals surface area contributed by atoms with Gasteiger partial charge in [-0.05, 0) is 25.9 Å². The first kappa shape index (κ1) is 14.1. The number of hydrogen-bond acceptors (Lipinski definition) is 4. The van der Waals surface area contributed by atoms with Gasteiger partial charge in [-0.3, -0.25) is 0 Å². The van der Waals surface area contributed by atoms with E-state index in [0.29, 0.717) is 17.9 Å². The number of fused-ring (bicyclic) bond motifs is 1. The molecule has 3 rings (SSSR count). The topological polar surface area (TPSA) is 45.5 Å². The zero-order chi connectivity index (χ0) is 14.9. The average Bonchev–Trinajstić information content (AvgIpc) is 3.06. The van der Waals surface area contributed by atoms with Crippen LogP contribution in [0.2, 0.25) is 0 Å². The number of hydrogen-bond donors (Lipinski definition) is 1. The highest BCUT2D eigenvalue weighted by atomic mass is 19.4. The summed E-state index contributed by atoms with van der Waals surface area (Å²) in [5.74, 6) is 0.430. The fourth-order valence-corrected chi connectivity index (χ4v) is 2.54. The average molecular weight is 299 g/mol. The van der Waals surface area contributed by atoms with Gasteiger partial charge >= 0.3 is 6.18 Å². The maximum atomic E-state index is 12.7. The first-order chi connectivity index (χ1) is 10.0. The molecular weight excluding hydrogens is 283 g/mol. The number of anilines is 1. The van der Waals surface area contributed by atoms with Gasteiger partial charge in [0.15, 0.2) is 11.5 Å². The predicted octanol–water partition coefficient (Wildman–Crippen LogP) is 2.26. The lowest BCUT2D eigenvalue weighted by Gasteiger charge is -2.15. The normalized spacial score (nSPS) is 16.7. The van der Waals surface area contributed by atoms with Crippen molar-refractivity contribution in [1.29, 1.82) is 0 Å². The van der Waals surface area contributed by atoms with Crippen LogP contribution in [0, 0.1) is 0 Å². The third-order valence-electron chi connectivity index (χ3n) is 3.60. The Bertz CT molecular complexity index is 616. The van der Waals surface area contributed by atoms with Crippen LogP contribution in [0.4, 0.5) is 19.0 Å². The maximum Gasteiger partial charge on any atom is 0.435 e. The van der Waals surface area contributed by atoms with Crippen molar-refractivity contribution in [2.24, 2.45) is 0 Å². The SMILES string of the molecule is FC(F)(F)c1cc2c(NCCN3CCCC3)nccn2n1. The van der Waals surface area contributed by atoms with Crippen LogP contribution in [-0.2, 0) is 6.18 Å². The minimum absolute atomic E-state index is 0.339. The van der Waals surface area contributed by atoms with Crippen LogP contribution in [0.25, 0.3) is 5.52 Å². The summed E-state index contributed by atoms with van der Waals surface area (Å²) in [4.78, 5) is 6.43. The molecule has 0 spiro atoms. The molecule has 1 N–H and O–H groups in total. The number of halogens is 3. The summed E-state index contributed by atoms with van der Waals surface area (Å²) in [7, 11) is 0. The van der Waals surface area contributed by atoms with Crippen molar-refractivity contribution in [3.8, 4) is 0 Å². The van der Waals surface area contributed by atoms with E-state index in [4.69, 9.17) is 0 Å². The standard InChI is InChI=1S/C13H16F3N5/c14-13(15,16)11-9-10-12(18-4-8-21(10)19-11)17-3-7-20-5-1-2-6-20/h4,8-9H,1-3,5-7H2,(H,17,18). The summed E-state index contributed by atoms with van der Waals surface area (Å²) in [6.45, 7) is 3.69. The number of alkyl halides is 3. The van der Waals surface area contributed by atoms with Gasteiger partial charge in [-0.25, -0.2) is 9.50 Å².